The normalized spacial score (nSPS) is 25.9. The van der Waals surface area contributed by atoms with Gasteiger partial charge < -0.3 is 10.6 Å². The molecule has 82 valence electrons. The SMILES string of the molecule is CC1CC(C)N(c2cccnc2CN)C1. The van der Waals surface area contributed by atoms with Gasteiger partial charge in [0.05, 0.1) is 11.4 Å². The van der Waals surface area contributed by atoms with E-state index in [2.05, 4.69) is 29.8 Å². The van der Waals surface area contributed by atoms with Crippen LogP contribution in [-0.2, 0) is 6.54 Å². The first-order chi connectivity index (χ1) is 7.22. The fraction of sp³-hybridized carbons (Fsp3) is 0.583. The second-order valence-electron chi connectivity index (χ2n) is 4.52. The average Bonchev–Trinajstić information content (AvgIpc) is 2.57. The molecule has 1 aliphatic heterocycles. The van der Waals surface area contributed by atoms with Crippen molar-refractivity contribution in [1.29, 1.82) is 0 Å². The van der Waals surface area contributed by atoms with Crippen LogP contribution in [0.4, 0.5) is 5.69 Å². The third-order valence-electron chi connectivity index (χ3n) is 3.15. The summed E-state index contributed by atoms with van der Waals surface area (Å²) in [6.07, 6.45) is 3.08. The van der Waals surface area contributed by atoms with Crippen LogP contribution >= 0.6 is 0 Å². The molecule has 1 fully saturated rings. The van der Waals surface area contributed by atoms with Crippen molar-refractivity contribution in [3.8, 4) is 0 Å². The number of nitrogens with zero attached hydrogens (tertiary/aromatic N) is 2. The van der Waals surface area contributed by atoms with Gasteiger partial charge in [0.1, 0.15) is 0 Å². The first kappa shape index (κ1) is 10.4. The van der Waals surface area contributed by atoms with E-state index in [1.54, 1.807) is 0 Å². The summed E-state index contributed by atoms with van der Waals surface area (Å²) in [5, 5.41) is 0. The molecule has 0 aliphatic carbocycles. The van der Waals surface area contributed by atoms with Crippen LogP contribution < -0.4 is 10.6 Å². The first-order valence-electron chi connectivity index (χ1n) is 5.63. The molecule has 2 rings (SSSR count). The maximum atomic E-state index is 5.71. The zero-order chi connectivity index (χ0) is 10.8. The number of hydrogen-bond acceptors (Lipinski definition) is 3. The van der Waals surface area contributed by atoms with E-state index in [1.165, 1.54) is 12.1 Å². The zero-order valence-electron chi connectivity index (χ0n) is 9.48. The lowest BCUT2D eigenvalue weighted by Gasteiger charge is -2.25. The van der Waals surface area contributed by atoms with Crippen molar-refractivity contribution >= 4 is 5.69 Å². The number of pyridine rings is 1. The van der Waals surface area contributed by atoms with Gasteiger partial charge in [-0.2, -0.15) is 0 Å². The number of rotatable bonds is 2. The minimum atomic E-state index is 0.522. The Hall–Kier alpha value is -1.09. The summed E-state index contributed by atoms with van der Waals surface area (Å²) in [6.45, 7) is 6.22. The molecule has 3 nitrogen and oxygen atoms in total. The molecule has 0 bridgehead atoms. The van der Waals surface area contributed by atoms with Crippen LogP contribution in [-0.4, -0.2) is 17.6 Å². The quantitative estimate of drug-likeness (QED) is 0.800. The number of anilines is 1. The molecule has 0 saturated carbocycles. The molecule has 2 N–H and O–H groups in total. The summed E-state index contributed by atoms with van der Waals surface area (Å²) in [4.78, 5) is 6.76. The molecule has 2 heterocycles. The number of hydrogen-bond donors (Lipinski definition) is 1. The molecule has 1 saturated heterocycles. The predicted octanol–water partition coefficient (Wildman–Crippen LogP) is 1.77. The topological polar surface area (TPSA) is 42.2 Å². The fourth-order valence-corrected chi connectivity index (χ4v) is 2.48. The van der Waals surface area contributed by atoms with Gasteiger partial charge in [0, 0.05) is 25.3 Å². The molecular formula is C12H19N3. The van der Waals surface area contributed by atoms with E-state index in [-0.39, 0.29) is 0 Å². The molecule has 0 amide bonds. The highest BCUT2D eigenvalue weighted by molar-refractivity contribution is 5.52. The Labute approximate surface area is 91.3 Å². The van der Waals surface area contributed by atoms with E-state index in [0.717, 1.165) is 18.2 Å². The van der Waals surface area contributed by atoms with Crippen molar-refractivity contribution in [3.05, 3.63) is 24.0 Å². The highest BCUT2D eigenvalue weighted by Crippen LogP contribution is 2.29. The van der Waals surface area contributed by atoms with Gasteiger partial charge in [0.15, 0.2) is 0 Å². The smallest absolute Gasteiger partial charge is 0.0772 e. The second-order valence-corrected chi connectivity index (χ2v) is 4.52. The highest BCUT2D eigenvalue weighted by atomic mass is 15.2. The third-order valence-corrected chi connectivity index (χ3v) is 3.15. The average molecular weight is 205 g/mol. The van der Waals surface area contributed by atoms with Gasteiger partial charge in [-0.3, -0.25) is 4.98 Å². The minimum absolute atomic E-state index is 0.522. The Balaban J connectivity index is 2.29. The van der Waals surface area contributed by atoms with Crippen LogP contribution in [0.25, 0.3) is 0 Å². The summed E-state index contributed by atoms with van der Waals surface area (Å²) in [5.74, 6) is 0.769. The molecule has 1 aliphatic rings. The van der Waals surface area contributed by atoms with E-state index < -0.39 is 0 Å². The van der Waals surface area contributed by atoms with E-state index in [9.17, 15) is 0 Å². The van der Waals surface area contributed by atoms with Gasteiger partial charge in [-0.15, -0.1) is 0 Å². The zero-order valence-corrected chi connectivity index (χ0v) is 9.48. The van der Waals surface area contributed by atoms with Crippen molar-refractivity contribution in [2.24, 2.45) is 11.7 Å². The lowest BCUT2D eigenvalue weighted by Crippen LogP contribution is -2.28. The Morgan fingerprint density at radius 1 is 1.53 bits per heavy atom. The number of nitrogens with two attached hydrogens (primary N) is 1. The van der Waals surface area contributed by atoms with Gasteiger partial charge in [-0.25, -0.2) is 0 Å². The van der Waals surface area contributed by atoms with E-state index in [1.807, 2.05) is 12.3 Å². The van der Waals surface area contributed by atoms with Crippen molar-refractivity contribution in [2.45, 2.75) is 32.9 Å². The molecule has 1 aromatic heterocycles. The first-order valence-corrected chi connectivity index (χ1v) is 5.63. The van der Waals surface area contributed by atoms with Crippen LogP contribution in [0, 0.1) is 5.92 Å². The molecule has 2 unspecified atom stereocenters. The maximum absolute atomic E-state index is 5.71. The van der Waals surface area contributed by atoms with Gasteiger partial charge in [-0.05, 0) is 31.4 Å². The molecular weight excluding hydrogens is 186 g/mol. The summed E-state index contributed by atoms with van der Waals surface area (Å²) in [5.41, 5.74) is 7.94. The number of aromatic nitrogens is 1. The summed E-state index contributed by atoms with van der Waals surface area (Å²) >= 11 is 0. The van der Waals surface area contributed by atoms with Crippen molar-refractivity contribution in [1.82, 2.24) is 4.98 Å². The Morgan fingerprint density at radius 3 is 2.93 bits per heavy atom. The lowest BCUT2D eigenvalue weighted by molar-refractivity contribution is 0.625. The standard InChI is InChI=1S/C12H19N3/c1-9-6-10(2)15(8-9)12-4-3-5-14-11(12)7-13/h3-5,9-10H,6-8,13H2,1-2H3. The summed E-state index contributed by atoms with van der Waals surface area (Å²) in [7, 11) is 0. The Bertz CT molecular complexity index is 337. The fourth-order valence-electron chi connectivity index (χ4n) is 2.48. The lowest BCUT2D eigenvalue weighted by atomic mass is 10.1. The molecule has 15 heavy (non-hydrogen) atoms. The van der Waals surface area contributed by atoms with Crippen molar-refractivity contribution in [3.63, 3.8) is 0 Å². The van der Waals surface area contributed by atoms with Crippen molar-refractivity contribution in [2.75, 3.05) is 11.4 Å². The maximum Gasteiger partial charge on any atom is 0.0772 e. The minimum Gasteiger partial charge on any atom is -0.367 e. The largest absolute Gasteiger partial charge is 0.367 e. The third kappa shape index (κ3) is 1.97. The monoisotopic (exact) mass is 205 g/mol. The highest BCUT2D eigenvalue weighted by Gasteiger charge is 2.27. The van der Waals surface area contributed by atoms with Crippen LogP contribution in [0.2, 0.25) is 0 Å². The molecule has 3 heteroatoms. The van der Waals surface area contributed by atoms with Crippen LogP contribution in [0.15, 0.2) is 18.3 Å². The van der Waals surface area contributed by atoms with Crippen molar-refractivity contribution < 1.29 is 0 Å². The second kappa shape index (κ2) is 4.19. The molecule has 1 aromatic rings. The van der Waals surface area contributed by atoms with Gasteiger partial charge in [0.2, 0.25) is 0 Å². The summed E-state index contributed by atoms with van der Waals surface area (Å²) in [6, 6.07) is 4.72. The summed E-state index contributed by atoms with van der Waals surface area (Å²) < 4.78 is 0. The Morgan fingerprint density at radius 2 is 2.33 bits per heavy atom. The van der Waals surface area contributed by atoms with Crippen LogP contribution in [0.3, 0.4) is 0 Å². The Kier molecular flexibility index (Phi) is 2.91. The van der Waals surface area contributed by atoms with Gasteiger partial charge >= 0.3 is 0 Å². The predicted molar refractivity (Wildman–Crippen MR) is 62.7 cm³/mol. The molecule has 2 atom stereocenters. The van der Waals surface area contributed by atoms with Crippen LogP contribution in [0.1, 0.15) is 26.0 Å². The molecule has 0 spiro atoms. The van der Waals surface area contributed by atoms with E-state index >= 15 is 0 Å². The van der Waals surface area contributed by atoms with Gasteiger partial charge in [-0.1, -0.05) is 6.92 Å². The van der Waals surface area contributed by atoms with Gasteiger partial charge in [0.25, 0.3) is 0 Å². The molecule has 0 aromatic carbocycles. The van der Waals surface area contributed by atoms with Crippen LogP contribution in [0.5, 0.6) is 0 Å². The van der Waals surface area contributed by atoms with E-state index in [4.69, 9.17) is 5.73 Å². The van der Waals surface area contributed by atoms with E-state index in [0.29, 0.717) is 12.6 Å². The molecule has 0 radical (unpaired) electrons.